The normalized spacial score (nSPS) is 22.2. The van der Waals surface area contributed by atoms with E-state index in [4.69, 9.17) is 0 Å². The van der Waals surface area contributed by atoms with Crippen LogP contribution >= 0.6 is 0 Å². The molecule has 2 unspecified atom stereocenters. The largest absolute Gasteiger partial charge is 0.312 e. The van der Waals surface area contributed by atoms with Gasteiger partial charge in [-0.25, -0.2) is 0 Å². The second-order valence-electron chi connectivity index (χ2n) is 5.45. The van der Waals surface area contributed by atoms with Crippen molar-refractivity contribution in [3.8, 4) is 0 Å². The summed E-state index contributed by atoms with van der Waals surface area (Å²) in [4.78, 5) is 2.62. The van der Waals surface area contributed by atoms with E-state index in [1.807, 2.05) is 0 Å². The minimum absolute atomic E-state index is 0.464. The molecule has 1 N–H and O–H groups in total. The second kappa shape index (κ2) is 6.91. The summed E-state index contributed by atoms with van der Waals surface area (Å²) in [5, 5.41) is 3.45. The van der Waals surface area contributed by atoms with Gasteiger partial charge in [0.25, 0.3) is 0 Å². The Morgan fingerprint density at radius 1 is 1.33 bits per heavy atom. The summed E-state index contributed by atoms with van der Waals surface area (Å²) in [6.45, 7) is 6.00. The first-order valence-electron chi connectivity index (χ1n) is 7.28. The van der Waals surface area contributed by atoms with Crippen LogP contribution in [0.2, 0.25) is 0 Å². The van der Waals surface area contributed by atoms with E-state index < -0.39 is 0 Å². The molecule has 18 heavy (non-hydrogen) atoms. The summed E-state index contributed by atoms with van der Waals surface area (Å²) in [5.41, 5.74) is 1.40. The predicted octanol–water partition coefficient (Wildman–Crippen LogP) is 3.07. The zero-order valence-electron chi connectivity index (χ0n) is 11.7. The Bertz CT molecular complexity index is 336. The highest BCUT2D eigenvalue weighted by molar-refractivity contribution is 5.19. The van der Waals surface area contributed by atoms with Crippen LogP contribution in [0.5, 0.6) is 0 Å². The molecule has 2 heteroatoms. The molecule has 0 aromatic heterocycles. The maximum absolute atomic E-state index is 3.45. The Hall–Kier alpha value is -0.860. The maximum atomic E-state index is 3.45. The Kier molecular flexibility index (Phi) is 5.21. The monoisotopic (exact) mass is 246 g/mol. The molecule has 1 fully saturated rings. The van der Waals surface area contributed by atoms with Gasteiger partial charge in [-0.05, 0) is 37.9 Å². The van der Waals surface area contributed by atoms with Gasteiger partial charge in [0.05, 0.1) is 0 Å². The number of benzene rings is 1. The summed E-state index contributed by atoms with van der Waals surface area (Å²) in [5.74, 6) is 0.934. The highest BCUT2D eigenvalue weighted by Crippen LogP contribution is 2.23. The molecule has 0 saturated carbocycles. The minimum Gasteiger partial charge on any atom is -0.312 e. The first-order chi connectivity index (χ1) is 8.83. The standard InChI is InChI=1S/C16H26N2/c1-3-7-14-10-11-18(12-14)13-16(17-2)15-8-5-4-6-9-15/h4-6,8-9,14,16-17H,3,7,10-13H2,1-2H3. The number of hydrogen-bond acceptors (Lipinski definition) is 2. The Morgan fingerprint density at radius 3 is 2.78 bits per heavy atom. The number of nitrogens with one attached hydrogen (secondary N) is 1. The number of nitrogens with zero attached hydrogens (tertiary/aromatic N) is 1. The lowest BCUT2D eigenvalue weighted by Crippen LogP contribution is -2.32. The fourth-order valence-electron chi connectivity index (χ4n) is 3.03. The highest BCUT2D eigenvalue weighted by atomic mass is 15.2. The maximum Gasteiger partial charge on any atom is 0.0446 e. The van der Waals surface area contributed by atoms with Gasteiger partial charge in [-0.2, -0.15) is 0 Å². The van der Waals surface area contributed by atoms with Crippen LogP contribution in [0.1, 0.15) is 37.8 Å². The Balaban J connectivity index is 1.88. The minimum atomic E-state index is 0.464. The summed E-state index contributed by atoms with van der Waals surface area (Å²) >= 11 is 0. The molecule has 0 spiro atoms. The SMILES string of the molecule is CCCC1CCN(CC(NC)c2ccccc2)C1. The molecule has 2 nitrogen and oxygen atoms in total. The third-order valence-corrected chi connectivity index (χ3v) is 4.06. The molecule has 2 atom stereocenters. The van der Waals surface area contributed by atoms with Gasteiger partial charge < -0.3 is 10.2 Å². The number of hydrogen-bond donors (Lipinski definition) is 1. The Morgan fingerprint density at radius 2 is 2.11 bits per heavy atom. The van der Waals surface area contributed by atoms with Crippen molar-refractivity contribution >= 4 is 0 Å². The zero-order chi connectivity index (χ0) is 12.8. The van der Waals surface area contributed by atoms with Gasteiger partial charge >= 0.3 is 0 Å². The second-order valence-corrected chi connectivity index (χ2v) is 5.45. The summed E-state index contributed by atoms with van der Waals surface area (Å²) in [6, 6.07) is 11.3. The lowest BCUT2D eigenvalue weighted by molar-refractivity contribution is 0.286. The van der Waals surface area contributed by atoms with Gasteiger partial charge in [0, 0.05) is 19.1 Å². The van der Waals surface area contributed by atoms with Crippen LogP contribution < -0.4 is 5.32 Å². The van der Waals surface area contributed by atoms with Crippen LogP contribution in [-0.2, 0) is 0 Å². The van der Waals surface area contributed by atoms with Crippen LogP contribution in [-0.4, -0.2) is 31.6 Å². The van der Waals surface area contributed by atoms with Crippen molar-refractivity contribution in [1.82, 2.24) is 10.2 Å². The van der Waals surface area contributed by atoms with Gasteiger partial charge in [-0.1, -0.05) is 43.7 Å². The fraction of sp³-hybridized carbons (Fsp3) is 0.625. The molecular weight excluding hydrogens is 220 g/mol. The summed E-state index contributed by atoms with van der Waals surface area (Å²) < 4.78 is 0. The molecule has 0 radical (unpaired) electrons. The van der Waals surface area contributed by atoms with Crippen LogP contribution in [0.25, 0.3) is 0 Å². The first kappa shape index (κ1) is 13.6. The molecule has 100 valence electrons. The van der Waals surface area contributed by atoms with E-state index in [-0.39, 0.29) is 0 Å². The topological polar surface area (TPSA) is 15.3 Å². The summed E-state index contributed by atoms with van der Waals surface area (Å²) in [6.07, 6.45) is 4.11. The zero-order valence-corrected chi connectivity index (χ0v) is 11.7. The number of rotatable bonds is 6. The van der Waals surface area contributed by atoms with E-state index in [0.717, 1.165) is 12.5 Å². The fourth-order valence-corrected chi connectivity index (χ4v) is 3.03. The van der Waals surface area contributed by atoms with E-state index in [1.54, 1.807) is 0 Å². The van der Waals surface area contributed by atoms with E-state index in [0.29, 0.717) is 6.04 Å². The summed E-state index contributed by atoms with van der Waals surface area (Å²) in [7, 11) is 2.07. The molecule has 1 heterocycles. The van der Waals surface area contributed by atoms with Gasteiger partial charge in [-0.15, -0.1) is 0 Å². The molecule has 1 aliphatic rings. The van der Waals surface area contributed by atoms with Crippen LogP contribution in [0.3, 0.4) is 0 Å². The molecule has 0 aliphatic carbocycles. The van der Waals surface area contributed by atoms with Gasteiger partial charge in [0.2, 0.25) is 0 Å². The molecule has 1 saturated heterocycles. The molecule has 0 amide bonds. The van der Waals surface area contributed by atoms with Gasteiger partial charge in [0.15, 0.2) is 0 Å². The lowest BCUT2D eigenvalue weighted by Gasteiger charge is -2.24. The van der Waals surface area contributed by atoms with Gasteiger partial charge in [0.1, 0.15) is 0 Å². The number of likely N-dealkylation sites (N-methyl/N-ethyl adjacent to an activating group) is 1. The molecule has 2 rings (SSSR count). The smallest absolute Gasteiger partial charge is 0.0446 e. The van der Waals surface area contributed by atoms with Crippen molar-refractivity contribution in [2.24, 2.45) is 5.92 Å². The van der Waals surface area contributed by atoms with Crippen molar-refractivity contribution in [2.75, 3.05) is 26.7 Å². The third kappa shape index (κ3) is 3.56. The van der Waals surface area contributed by atoms with Crippen molar-refractivity contribution in [1.29, 1.82) is 0 Å². The van der Waals surface area contributed by atoms with E-state index in [2.05, 4.69) is 54.5 Å². The molecule has 1 aliphatic heterocycles. The van der Waals surface area contributed by atoms with Crippen LogP contribution in [0.15, 0.2) is 30.3 Å². The quantitative estimate of drug-likeness (QED) is 0.830. The van der Waals surface area contributed by atoms with E-state index >= 15 is 0 Å². The van der Waals surface area contributed by atoms with Crippen molar-refractivity contribution in [2.45, 2.75) is 32.2 Å². The molecular formula is C16H26N2. The van der Waals surface area contributed by atoms with Crippen molar-refractivity contribution in [3.63, 3.8) is 0 Å². The average Bonchev–Trinajstić information content (AvgIpc) is 2.85. The molecule has 0 bridgehead atoms. The van der Waals surface area contributed by atoms with Crippen molar-refractivity contribution < 1.29 is 0 Å². The van der Waals surface area contributed by atoms with E-state index in [9.17, 15) is 0 Å². The highest BCUT2D eigenvalue weighted by Gasteiger charge is 2.23. The van der Waals surface area contributed by atoms with Crippen molar-refractivity contribution in [3.05, 3.63) is 35.9 Å². The molecule has 1 aromatic carbocycles. The van der Waals surface area contributed by atoms with Gasteiger partial charge in [-0.3, -0.25) is 0 Å². The first-order valence-corrected chi connectivity index (χ1v) is 7.28. The average molecular weight is 246 g/mol. The van der Waals surface area contributed by atoms with Crippen LogP contribution in [0, 0.1) is 5.92 Å². The molecule has 1 aromatic rings. The lowest BCUT2D eigenvalue weighted by atomic mass is 10.0. The predicted molar refractivity (Wildman–Crippen MR) is 77.7 cm³/mol. The third-order valence-electron chi connectivity index (χ3n) is 4.06. The Labute approximate surface area is 111 Å². The number of likely N-dealkylation sites (tertiary alicyclic amines) is 1. The van der Waals surface area contributed by atoms with E-state index in [1.165, 1.54) is 37.9 Å². The van der Waals surface area contributed by atoms with Crippen LogP contribution in [0.4, 0.5) is 0 Å².